The summed E-state index contributed by atoms with van der Waals surface area (Å²) in [6, 6.07) is 3.22. The highest BCUT2D eigenvalue weighted by molar-refractivity contribution is 7.85. The monoisotopic (exact) mass is 505 g/mol. The number of esters is 1. The summed E-state index contributed by atoms with van der Waals surface area (Å²) in [6.07, 6.45) is 0.0951. The molecule has 4 aliphatic rings. The molecule has 4 aliphatic carbocycles. The van der Waals surface area contributed by atoms with Crippen LogP contribution >= 0.6 is 0 Å². The number of benzene rings is 1. The first-order chi connectivity index (χ1) is 15.8. The lowest BCUT2D eigenvalue weighted by atomic mass is 9.47. The van der Waals surface area contributed by atoms with Gasteiger partial charge in [-0.15, -0.1) is 13.2 Å². The lowest BCUT2D eigenvalue weighted by molar-refractivity contribution is -0.276. The Bertz CT molecular complexity index is 1010. The van der Waals surface area contributed by atoms with E-state index in [2.05, 4.69) is 4.74 Å². The number of rotatable bonds is 8. The molecule has 0 atom stereocenters. The Balaban J connectivity index is 1.65. The molecule has 11 heteroatoms. The van der Waals surface area contributed by atoms with E-state index < -0.39 is 46.2 Å². The van der Waals surface area contributed by atoms with Crippen molar-refractivity contribution in [3.63, 3.8) is 0 Å². The fraction of sp³-hybridized carbons (Fsp3) is 0.696. The van der Waals surface area contributed by atoms with Crippen molar-refractivity contribution in [3.05, 3.63) is 23.8 Å². The topological polar surface area (TPSA) is 102 Å². The van der Waals surface area contributed by atoms with Gasteiger partial charge in [0, 0.05) is 0 Å². The standard InChI is InChI=1S/C23H29F3O7S/c1-13(2)22(17-8-14-7-15(10-17)11-18(22)9-14)32-20-12-16(3-4-19(20)33-23(24,25)26)21(27)31-5-6-34(28,29)30/h3-4,12-15,17-18H,5-11H2,1-2H3,(H,28,29,30)/p-1. The first-order valence-corrected chi connectivity index (χ1v) is 13.0. The lowest BCUT2D eigenvalue weighted by Crippen LogP contribution is -2.63. The highest BCUT2D eigenvalue weighted by atomic mass is 32.2. The summed E-state index contributed by atoms with van der Waals surface area (Å²) in [5.74, 6) is -1.01. The van der Waals surface area contributed by atoms with Crippen LogP contribution in [0.2, 0.25) is 0 Å². The van der Waals surface area contributed by atoms with E-state index in [1.807, 2.05) is 13.8 Å². The molecule has 0 aliphatic heterocycles. The minimum absolute atomic E-state index is 0.0131. The number of ether oxygens (including phenoxy) is 3. The third-order valence-electron chi connectivity index (χ3n) is 7.57. The summed E-state index contributed by atoms with van der Waals surface area (Å²) in [7, 11) is -4.58. The van der Waals surface area contributed by atoms with Gasteiger partial charge < -0.3 is 18.8 Å². The minimum atomic E-state index is -4.96. The zero-order valence-corrected chi connectivity index (χ0v) is 19.8. The van der Waals surface area contributed by atoms with E-state index >= 15 is 0 Å². The van der Waals surface area contributed by atoms with Gasteiger partial charge in [0.25, 0.3) is 0 Å². The van der Waals surface area contributed by atoms with E-state index in [-0.39, 0.29) is 29.1 Å². The Labute approximate surface area is 196 Å². The first kappa shape index (κ1) is 25.1. The molecular formula is C23H28F3O7S-. The predicted octanol–water partition coefficient (Wildman–Crippen LogP) is 4.52. The molecule has 1 aromatic carbocycles. The molecule has 7 nitrogen and oxygen atoms in total. The summed E-state index contributed by atoms with van der Waals surface area (Å²) in [4.78, 5) is 12.4. The van der Waals surface area contributed by atoms with Gasteiger partial charge in [-0.2, -0.15) is 0 Å². The normalized spacial score (nSPS) is 30.4. The average Bonchev–Trinajstić information content (AvgIpc) is 2.69. The highest BCUT2D eigenvalue weighted by Crippen LogP contribution is 2.62. The second-order valence-corrected chi connectivity index (χ2v) is 11.5. The van der Waals surface area contributed by atoms with Crippen LogP contribution in [0.25, 0.3) is 0 Å². The average molecular weight is 506 g/mol. The molecule has 190 valence electrons. The van der Waals surface area contributed by atoms with Crippen molar-refractivity contribution in [2.75, 3.05) is 12.4 Å². The van der Waals surface area contributed by atoms with Crippen molar-refractivity contribution in [2.45, 2.75) is 57.9 Å². The Kier molecular flexibility index (Phi) is 6.56. The van der Waals surface area contributed by atoms with Crippen molar-refractivity contribution < 1.29 is 45.1 Å². The van der Waals surface area contributed by atoms with E-state index in [9.17, 15) is 30.9 Å². The number of carbonyl (C=O) groups is 1. The number of hydrogen-bond acceptors (Lipinski definition) is 7. The molecule has 0 unspecified atom stereocenters. The van der Waals surface area contributed by atoms with Gasteiger partial charge in [0.05, 0.1) is 21.4 Å². The molecule has 0 radical (unpaired) electrons. The molecule has 0 heterocycles. The molecule has 0 amide bonds. The van der Waals surface area contributed by atoms with Crippen LogP contribution < -0.4 is 9.47 Å². The predicted molar refractivity (Wildman–Crippen MR) is 113 cm³/mol. The smallest absolute Gasteiger partial charge is 0.573 e. The van der Waals surface area contributed by atoms with E-state index in [0.29, 0.717) is 11.8 Å². The molecular weight excluding hydrogens is 477 g/mol. The van der Waals surface area contributed by atoms with Crippen LogP contribution in [0.3, 0.4) is 0 Å². The summed E-state index contributed by atoms with van der Waals surface area (Å²) in [5.41, 5.74) is -0.813. The van der Waals surface area contributed by atoms with Crippen LogP contribution in [0.4, 0.5) is 13.2 Å². The lowest BCUT2D eigenvalue weighted by Gasteiger charge is -2.62. The molecule has 4 saturated carbocycles. The molecule has 34 heavy (non-hydrogen) atoms. The molecule has 4 bridgehead atoms. The Morgan fingerprint density at radius 3 is 2.18 bits per heavy atom. The van der Waals surface area contributed by atoms with E-state index in [1.54, 1.807) is 0 Å². The Morgan fingerprint density at radius 2 is 1.68 bits per heavy atom. The van der Waals surface area contributed by atoms with Gasteiger partial charge in [0.1, 0.15) is 12.2 Å². The number of halogens is 3. The van der Waals surface area contributed by atoms with Crippen molar-refractivity contribution >= 4 is 16.1 Å². The van der Waals surface area contributed by atoms with Gasteiger partial charge in [-0.1, -0.05) is 13.8 Å². The molecule has 0 saturated heterocycles. The van der Waals surface area contributed by atoms with Crippen LogP contribution in [-0.2, 0) is 14.9 Å². The van der Waals surface area contributed by atoms with Gasteiger partial charge in [0.2, 0.25) is 0 Å². The van der Waals surface area contributed by atoms with Crippen LogP contribution in [0.1, 0.15) is 56.3 Å². The summed E-state index contributed by atoms with van der Waals surface area (Å²) >= 11 is 0. The van der Waals surface area contributed by atoms with Gasteiger partial charge in [0.15, 0.2) is 11.5 Å². The summed E-state index contributed by atoms with van der Waals surface area (Å²) in [5, 5.41) is 0. The SMILES string of the molecule is CC(C)C1(Oc2cc(C(=O)OCCS(=O)(=O)[O-])ccc2OC(F)(F)F)C2CC3CC(C2)CC1C3. The summed E-state index contributed by atoms with van der Waals surface area (Å²) in [6.45, 7) is 3.35. The maximum atomic E-state index is 13.1. The first-order valence-electron chi connectivity index (χ1n) is 11.5. The van der Waals surface area contributed by atoms with Crippen LogP contribution in [-0.4, -0.2) is 43.3 Å². The van der Waals surface area contributed by atoms with Crippen LogP contribution in [0, 0.1) is 29.6 Å². The molecule has 4 fully saturated rings. The third kappa shape index (κ3) is 5.15. The highest BCUT2D eigenvalue weighted by Gasteiger charge is 2.60. The maximum Gasteiger partial charge on any atom is 0.573 e. The number of carbonyl (C=O) groups excluding carboxylic acids is 1. The van der Waals surface area contributed by atoms with Crippen molar-refractivity contribution in [1.29, 1.82) is 0 Å². The molecule has 0 aromatic heterocycles. The van der Waals surface area contributed by atoms with Crippen molar-refractivity contribution in [2.24, 2.45) is 29.6 Å². The molecule has 5 rings (SSSR count). The van der Waals surface area contributed by atoms with Gasteiger partial charge in [-0.3, -0.25) is 0 Å². The van der Waals surface area contributed by atoms with E-state index in [4.69, 9.17) is 9.47 Å². The fourth-order valence-electron chi connectivity index (χ4n) is 6.58. The molecule has 0 N–H and O–H groups in total. The molecule has 1 aromatic rings. The van der Waals surface area contributed by atoms with Crippen molar-refractivity contribution in [1.82, 2.24) is 0 Å². The zero-order chi connectivity index (χ0) is 24.9. The van der Waals surface area contributed by atoms with Gasteiger partial charge in [-0.05, 0) is 79.9 Å². The third-order valence-corrected chi connectivity index (χ3v) is 8.24. The second-order valence-electron chi connectivity index (χ2n) is 10.0. The number of alkyl halides is 3. The second kappa shape index (κ2) is 8.89. The quantitative estimate of drug-likeness (QED) is 0.378. The minimum Gasteiger partial charge on any atom is -0.748 e. The maximum absolute atomic E-state index is 13.1. The summed E-state index contributed by atoms with van der Waals surface area (Å²) < 4.78 is 87.1. The van der Waals surface area contributed by atoms with E-state index in [0.717, 1.165) is 43.9 Å². The Morgan fingerprint density at radius 1 is 1.09 bits per heavy atom. The van der Waals surface area contributed by atoms with E-state index in [1.165, 1.54) is 6.42 Å². The largest absolute Gasteiger partial charge is 0.748 e. The Hall–Kier alpha value is -2.01. The molecule has 0 spiro atoms. The number of hydrogen-bond donors (Lipinski definition) is 0. The fourth-order valence-corrected chi connectivity index (χ4v) is 6.87. The van der Waals surface area contributed by atoms with Gasteiger partial charge >= 0.3 is 12.3 Å². The van der Waals surface area contributed by atoms with Crippen LogP contribution in [0.5, 0.6) is 11.5 Å². The van der Waals surface area contributed by atoms with Gasteiger partial charge in [-0.25, -0.2) is 13.2 Å². The zero-order valence-electron chi connectivity index (χ0n) is 19.0. The van der Waals surface area contributed by atoms with Crippen LogP contribution in [0.15, 0.2) is 18.2 Å². The van der Waals surface area contributed by atoms with Crippen molar-refractivity contribution in [3.8, 4) is 11.5 Å².